The maximum atomic E-state index is 12.6. The number of hydrogen-bond donors (Lipinski definition) is 1. The highest BCUT2D eigenvalue weighted by Gasteiger charge is 2.45. The number of aryl methyl sites for hydroxylation is 1. The average Bonchev–Trinajstić information content (AvgIpc) is 3.27. The summed E-state index contributed by atoms with van der Waals surface area (Å²) in [6.07, 6.45) is 6.59. The number of carbonyl (C=O) groups is 2. The lowest BCUT2D eigenvalue weighted by Gasteiger charge is -2.33. The third-order valence-corrected chi connectivity index (χ3v) is 5.82. The lowest BCUT2D eigenvalue weighted by molar-refractivity contribution is -0.134. The normalized spacial score (nSPS) is 19.8. The van der Waals surface area contributed by atoms with E-state index in [0.29, 0.717) is 11.0 Å². The molecule has 1 aliphatic carbocycles. The fourth-order valence-corrected chi connectivity index (χ4v) is 3.80. The summed E-state index contributed by atoms with van der Waals surface area (Å²) in [6.45, 7) is 3.41. The van der Waals surface area contributed by atoms with Crippen molar-refractivity contribution in [2.75, 3.05) is 13.1 Å². The zero-order valence-corrected chi connectivity index (χ0v) is 14.8. The van der Waals surface area contributed by atoms with Gasteiger partial charge in [-0.3, -0.25) is 14.3 Å². The van der Waals surface area contributed by atoms with Gasteiger partial charge in [0.1, 0.15) is 6.04 Å². The highest BCUT2D eigenvalue weighted by molar-refractivity contribution is 6.00. The number of rotatable bonds is 3. The summed E-state index contributed by atoms with van der Waals surface area (Å²) < 4.78 is 1.77. The zero-order chi connectivity index (χ0) is 17.6. The SMILES string of the molecule is CC(NC(=O)c1ccc2c(cnn2C)c1)C(=O)N1CCC2(CC1)CC2. The molecule has 1 aromatic carbocycles. The van der Waals surface area contributed by atoms with Crippen LogP contribution in [0.1, 0.15) is 43.0 Å². The van der Waals surface area contributed by atoms with E-state index in [2.05, 4.69) is 10.4 Å². The van der Waals surface area contributed by atoms with Gasteiger partial charge in [0, 0.05) is 31.1 Å². The van der Waals surface area contributed by atoms with Crippen LogP contribution in [-0.2, 0) is 11.8 Å². The molecule has 2 aromatic rings. The van der Waals surface area contributed by atoms with Gasteiger partial charge in [0.2, 0.25) is 5.91 Å². The van der Waals surface area contributed by atoms with E-state index in [1.165, 1.54) is 12.8 Å². The largest absolute Gasteiger partial charge is 0.341 e. The molecule has 1 aromatic heterocycles. The molecule has 132 valence electrons. The van der Waals surface area contributed by atoms with Gasteiger partial charge < -0.3 is 10.2 Å². The van der Waals surface area contributed by atoms with E-state index in [-0.39, 0.29) is 11.8 Å². The van der Waals surface area contributed by atoms with Crippen LogP contribution in [0, 0.1) is 5.41 Å². The number of likely N-dealkylation sites (tertiary alicyclic amines) is 1. The molecule has 1 spiro atoms. The lowest BCUT2D eigenvalue weighted by Crippen LogP contribution is -2.49. The molecule has 25 heavy (non-hydrogen) atoms. The van der Waals surface area contributed by atoms with Gasteiger partial charge in [-0.2, -0.15) is 5.10 Å². The second kappa shape index (κ2) is 5.86. The van der Waals surface area contributed by atoms with E-state index in [0.717, 1.165) is 36.8 Å². The van der Waals surface area contributed by atoms with Gasteiger partial charge in [0.15, 0.2) is 0 Å². The summed E-state index contributed by atoms with van der Waals surface area (Å²) in [4.78, 5) is 27.0. The van der Waals surface area contributed by atoms with Crippen molar-refractivity contribution in [3.63, 3.8) is 0 Å². The molecule has 1 saturated heterocycles. The van der Waals surface area contributed by atoms with E-state index in [1.807, 2.05) is 24.1 Å². The molecular weight excluding hydrogens is 316 g/mol. The Bertz CT molecular complexity index is 827. The molecule has 1 unspecified atom stereocenters. The van der Waals surface area contributed by atoms with Crippen molar-refractivity contribution in [1.29, 1.82) is 0 Å². The second-order valence-corrected chi connectivity index (χ2v) is 7.56. The Balaban J connectivity index is 1.39. The summed E-state index contributed by atoms with van der Waals surface area (Å²) in [5, 5.41) is 7.95. The van der Waals surface area contributed by atoms with Crippen LogP contribution in [-0.4, -0.2) is 45.6 Å². The van der Waals surface area contributed by atoms with E-state index < -0.39 is 6.04 Å². The van der Waals surface area contributed by atoms with Crippen molar-refractivity contribution in [3.05, 3.63) is 30.0 Å². The van der Waals surface area contributed by atoms with Crippen LogP contribution >= 0.6 is 0 Å². The zero-order valence-electron chi connectivity index (χ0n) is 14.8. The standard InChI is InChI=1S/C19H24N4O2/c1-13(18(25)23-9-7-19(5-6-19)8-10-23)21-17(24)14-3-4-16-15(11-14)12-20-22(16)2/h3-4,11-13H,5-10H2,1-2H3,(H,21,24). The van der Waals surface area contributed by atoms with E-state index in [1.54, 1.807) is 23.9 Å². The van der Waals surface area contributed by atoms with E-state index in [9.17, 15) is 9.59 Å². The Morgan fingerprint density at radius 2 is 1.92 bits per heavy atom. The maximum Gasteiger partial charge on any atom is 0.251 e. The van der Waals surface area contributed by atoms with Gasteiger partial charge in [-0.25, -0.2) is 0 Å². The van der Waals surface area contributed by atoms with Crippen LogP contribution in [0.2, 0.25) is 0 Å². The molecule has 0 bridgehead atoms. The molecule has 1 atom stereocenters. The number of nitrogens with zero attached hydrogens (tertiary/aromatic N) is 3. The molecule has 6 heteroatoms. The fourth-order valence-electron chi connectivity index (χ4n) is 3.80. The number of piperidine rings is 1. The minimum absolute atomic E-state index is 0.0197. The van der Waals surface area contributed by atoms with Crippen molar-refractivity contribution in [1.82, 2.24) is 20.0 Å². The average molecular weight is 340 g/mol. The number of nitrogens with one attached hydrogen (secondary N) is 1. The first kappa shape index (κ1) is 16.1. The van der Waals surface area contributed by atoms with Crippen LogP contribution in [0.15, 0.2) is 24.4 Å². The molecular formula is C19H24N4O2. The summed E-state index contributed by atoms with van der Waals surface area (Å²) in [5.41, 5.74) is 2.07. The van der Waals surface area contributed by atoms with Gasteiger partial charge in [-0.15, -0.1) is 0 Å². The molecule has 1 N–H and O–H groups in total. The molecule has 2 fully saturated rings. The predicted molar refractivity (Wildman–Crippen MR) is 95.1 cm³/mol. The minimum Gasteiger partial charge on any atom is -0.341 e. The first-order chi connectivity index (χ1) is 12.0. The smallest absolute Gasteiger partial charge is 0.251 e. The summed E-state index contributed by atoms with van der Waals surface area (Å²) in [6, 6.07) is 4.95. The fraction of sp³-hybridized carbons (Fsp3) is 0.526. The van der Waals surface area contributed by atoms with Crippen molar-refractivity contribution >= 4 is 22.7 Å². The van der Waals surface area contributed by atoms with Gasteiger partial charge in [0.05, 0.1) is 11.7 Å². The summed E-state index contributed by atoms with van der Waals surface area (Å²) in [5.74, 6) is -0.200. The molecule has 4 rings (SSSR count). The topological polar surface area (TPSA) is 67.2 Å². The predicted octanol–water partition coefficient (Wildman–Crippen LogP) is 2.09. The molecule has 0 radical (unpaired) electrons. The molecule has 2 aliphatic rings. The van der Waals surface area contributed by atoms with Crippen molar-refractivity contribution in [2.24, 2.45) is 12.5 Å². The van der Waals surface area contributed by atoms with Crippen molar-refractivity contribution in [2.45, 2.75) is 38.6 Å². The number of amides is 2. The molecule has 1 aliphatic heterocycles. The van der Waals surface area contributed by atoms with E-state index >= 15 is 0 Å². The van der Waals surface area contributed by atoms with Crippen molar-refractivity contribution < 1.29 is 9.59 Å². The first-order valence-corrected chi connectivity index (χ1v) is 8.99. The maximum absolute atomic E-state index is 12.6. The number of fused-ring (bicyclic) bond motifs is 1. The highest BCUT2D eigenvalue weighted by Crippen LogP contribution is 2.53. The van der Waals surface area contributed by atoms with Crippen LogP contribution in [0.4, 0.5) is 0 Å². The monoisotopic (exact) mass is 340 g/mol. The number of hydrogen-bond acceptors (Lipinski definition) is 3. The Hall–Kier alpha value is -2.37. The number of aromatic nitrogens is 2. The van der Waals surface area contributed by atoms with Crippen LogP contribution in [0.5, 0.6) is 0 Å². The summed E-state index contributed by atoms with van der Waals surface area (Å²) >= 11 is 0. The molecule has 2 amide bonds. The third kappa shape index (κ3) is 3.01. The number of carbonyl (C=O) groups excluding carboxylic acids is 2. The van der Waals surface area contributed by atoms with Crippen molar-refractivity contribution in [3.8, 4) is 0 Å². The second-order valence-electron chi connectivity index (χ2n) is 7.56. The van der Waals surface area contributed by atoms with Gasteiger partial charge in [-0.1, -0.05) is 0 Å². The molecule has 1 saturated carbocycles. The molecule has 2 heterocycles. The Morgan fingerprint density at radius 3 is 2.60 bits per heavy atom. The highest BCUT2D eigenvalue weighted by atomic mass is 16.2. The first-order valence-electron chi connectivity index (χ1n) is 8.99. The quantitative estimate of drug-likeness (QED) is 0.930. The Morgan fingerprint density at radius 1 is 1.20 bits per heavy atom. The third-order valence-electron chi connectivity index (χ3n) is 5.82. The van der Waals surface area contributed by atoms with E-state index in [4.69, 9.17) is 0 Å². The van der Waals surface area contributed by atoms with Gasteiger partial charge in [-0.05, 0) is 56.2 Å². The van der Waals surface area contributed by atoms with Crippen LogP contribution in [0.25, 0.3) is 10.9 Å². The van der Waals surface area contributed by atoms with Gasteiger partial charge in [0.25, 0.3) is 5.91 Å². The van der Waals surface area contributed by atoms with Crippen LogP contribution < -0.4 is 5.32 Å². The van der Waals surface area contributed by atoms with Gasteiger partial charge >= 0.3 is 0 Å². The summed E-state index contributed by atoms with van der Waals surface area (Å²) in [7, 11) is 1.87. The Labute approximate surface area is 147 Å². The molecule has 6 nitrogen and oxygen atoms in total. The Kier molecular flexibility index (Phi) is 3.78. The lowest BCUT2D eigenvalue weighted by atomic mass is 9.93. The minimum atomic E-state index is -0.509. The van der Waals surface area contributed by atoms with Crippen LogP contribution in [0.3, 0.4) is 0 Å². The number of benzene rings is 1.